The lowest BCUT2D eigenvalue weighted by Gasteiger charge is -2.36. The summed E-state index contributed by atoms with van der Waals surface area (Å²) in [6, 6.07) is 19.9. The molecule has 1 aliphatic heterocycles. The Bertz CT molecular complexity index is 1010. The van der Waals surface area contributed by atoms with Crippen LogP contribution in [0.25, 0.3) is 0 Å². The van der Waals surface area contributed by atoms with Crippen molar-refractivity contribution in [2.75, 3.05) is 42.1 Å². The number of nitrogens with zero attached hydrogens (tertiary/aromatic N) is 4. The number of hydrogen-bond acceptors (Lipinski definition) is 6. The Labute approximate surface area is 191 Å². The lowest BCUT2D eigenvalue weighted by Crippen LogP contribution is -2.49. The second kappa shape index (κ2) is 10.5. The highest BCUT2D eigenvalue weighted by Gasteiger charge is 2.21. The van der Waals surface area contributed by atoms with E-state index in [4.69, 9.17) is 11.6 Å². The van der Waals surface area contributed by atoms with Crippen LogP contribution in [0.2, 0.25) is 5.02 Å². The number of hydrogen-bond donors (Lipinski definition) is 1. The highest BCUT2D eigenvalue weighted by Crippen LogP contribution is 2.21. The molecule has 0 bridgehead atoms. The number of carbonyl (C=O) groups excluding carboxylic acids is 1. The van der Waals surface area contributed by atoms with Gasteiger partial charge in [0, 0.05) is 49.5 Å². The fourth-order valence-corrected chi connectivity index (χ4v) is 4.40. The normalized spacial score (nSPS) is 13.8. The molecule has 0 radical (unpaired) electrons. The van der Waals surface area contributed by atoms with Gasteiger partial charge in [0.05, 0.1) is 5.75 Å². The van der Waals surface area contributed by atoms with Gasteiger partial charge in [-0.25, -0.2) is 9.97 Å². The number of rotatable bonds is 7. The van der Waals surface area contributed by atoms with E-state index in [-0.39, 0.29) is 5.91 Å². The molecule has 160 valence electrons. The van der Waals surface area contributed by atoms with E-state index < -0.39 is 0 Å². The minimum absolute atomic E-state index is 0.141. The molecule has 0 aliphatic carbocycles. The molecule has 1 amide bonds. The van der Waals surface area contributed by atoms with Gasteiger partial charge in [0.15, 0.2) is 0 Å². The zero-order valence-corrected chi connectivity index (χ0v) is 18.6. The molecular weight excluding hydrogens is 430 g/mol. The van der Waals surface area contributed by atoms with Crippen LogP contribution in [0.3, 0.4) is 0 Å². The van der Waals surface area contributed by atoms with Gasteiger partial charge in [0.1, 0.15) is 17.2 Å². The van der Waals surface area contributed by atoms with E-state index in [1.165, 1.54) is 23.8 Å². The molecule has 1 fully saturated rings. The average Bonchev–Trinajstić information content (AvgIpc) is 2.83. The summed E-state index contributed by atoms with van der Waals surface area (Å²) in [4.78, 5) is 25.5. The van der Waals surface area contributed by atoms with E-state index in [1.807, 2.05) is 53.4 Å². The summed E-state index contributed by atoms with van der Waals surface area (Å²) >= 11 is 7.64. The van der Waals surface area contributed by atoms with Crippen LogP contribution in [0, 0.1) is 0 Å². The highest BCUT2D eigenvalue weighted by molar-refractivity contribution is 7.99. The third kappa shape index (κ3) is 5.89. The van der Waals surface area contributed by atoms with Crippen molar-refractivity contribution in [1.29, 1.82) is 0 Å². The summed E-state index contributed by atoms with van der Waals surface area (Å²) in [5, 5.41) is 4.75. The first-order valence-electron chi connectivity index (χ1n) is 10.2. The monoisotopic (exact) mass is 453 g/mol. The topological polar surface area (TPSA) is 61.4 Å². The number of anilines is 2. The smallest absolute Gasteiger partial charge is 0.233 e. The lowest BCUT2D eigenvalue weighted by atomic mass is 10.2. The average molecular weight is 454 g/mol. The first-order valence-corrected chi connectivity index (χ1v) is 11.6. The summed E-state index contributed by atoms with van der Waals surface area (Å²) < 4.78 is 0. The van der Waals surface area contributed by atoms with Gasteiger partial charge in [-0.2, -0.15) is 0 Å². The Hall–Kier alpha value is -2.77. The zero-order chi connectivity index (χ0) is 21.5. The van der Waals surface area contributed by atoms with Crippen molar-refractivity contribution in [1.82, 2.24) is 14.9 Å². The fourth-order valence-electron chi connectivity index (χ4n) is 3.42. The van der Waals surface area contributed by atoms with Crippen molar-refractivity contribution < 1.29 is 4.79 Å². The minimum Gasteiger partial charge on any atom is -0.368 e. The van der Waals surface area contributed by atoms with Gasteiger partial charge in [-0.3, -0.25) is 4.79 Å². The van der Waals surface area contributed by atoms with Gasteiger partial charge in [-0.1, -0.05) is 59.8 Å². The van der Waals surface area contributed by atoms with E-state index in [1.54, 1.807) is 0 Å². The van der Waals surface area contributed by atoms with Crippen LogP contribution in [0.1, 0.15) is 5.56 Å². The molecule has 3 aromatic rings. The number of amides is 1. The van der Waals surface area contributed by atoms with Gasteiger partial charge in [0.25, 0.3) is 0 Å². The number of benzene rings is 2. The molecule has 0 atom stereocenters. The second-order valence-electron chi connectivity index (χ2n) is 7.18. The second-order valence-corrected chi connectivity index (χ2v) is 8.58. The van der Waals surface area contributed by atoms with Crippen LogP contribution in [0.5, 0.6) is 0 Å². The van der Waals surface area contributed by atoms with Crippen LogP contribution in [-0.2, 0) is 11.3 Å². The fraction of sp³-hybridized carbons (Fsp3) is 0.261. The highest BCUT2D eigenvalue weighted by atomic mass is 35.5. The molecule has 0 spiro atoms. The molecule has 2 aromatic carbocycles. The van der Waals surface area contributed by atoms with E-state index in [0.29, 0.717) is 18.1 Å². The third-order valence-electron chi connectivity index (χ3n) is 5.16. The molecule has 0 saturated carbocycles. The number of halogens is 1. The van der Waals surface area contributed by atoms with Gasteiger partial charge in [-0.05, 0) is 23.8 Å². The first kappa shape index (κ1) is 21.5. The summed E-state index contributed by atoms with van der Waals surface area (Å²) in [5.41, 5.74) is 2.21. The van der Waals surface area contributed by atoms with Crippen molar-refractivity contribution in [2.24, 2.45) is 0 Å². The molecular formula is C23H24ClN5OS. The summed E-state index contributed by atoms with van der Waals surface area (Å²) in [7, 11) is 0. The number of piperazine rings is 1. The number of para-hydroxylation sites is 1. The SMILES string of the molecule is O=C(CSc1cc(NCc2ccccc2Cl)ncn1)N1CCN(c2ccccc2)CC1. The van der Waals surface area contributed by atoms with Gasteiger partial charge in [0.2, 0.25) is 5.91 Å². The molecule has 1 N–H and O–H groups in total. The maximum atomic E-state index is 12.7. The maximum absolute atomic E-state index is 12.7. The van der Waals surface area contributed by atoms with E-state index >= 15 is 0 Å². The van der Waals surface area contributed by atoms with Crippen molar-refractivity contribution in [2.45, 2.75) is 11.6 Å². The molecule has 1 saturated heterocycles. The number of nitrogens with one attached hydrogen (secondary N) is 1. The Morgan fingerprint density at radius 2 is 1.74 bits per heavy atom. The van der Waals surface area contributed by atoms with Crippen LogP contribution in [0.15, 0.2) is 72.0 Å². The Kier molecular flexibility index (Phi) is 7.27. The van der Waals surface area contributed by atoms with Gasteiger partial charge >= 0.3 is 0 Å². The van der Waals surface area contributed by atoms with E-state index in [9.17, 15) is 4.79 Å². The molecule has 6 nitrogen and oxygen atoms in total. The number of thioether (sulfide) groups is 1. The van der Waals surface area contributed by atoms with Gasteiger partial charge < -0.3 is 15.1 Å². The van der Waals surface area contributed by atoms with Crippen molar-refractivity contribution in [3.8, 4) is 0 Å². The molecule has 8 heteroatoms. The van der Waals surface area contributed by atoms with Crippen molar-refractivity contribution >= 4 is 40.8 Å². The van der Waals surface area contributed by atoms with Crippen molar-refractivity contribution in [3.05, 3.63) is 77.6 Å². The van der Waals surface area contributed by atoms with Crippen LogP contribution >= 0.6 is 23.4 Å². The quantitative estimate of drug-likeness (QED) is 0.427. The summed E-state index contributed by atoms with van der Waals surface area (Å²) in [5.74, 6) is 1.22. The molecule has 0 unspecified atom stereocenters. The molecule has 31 heavy (non-hydrogen) atoms. The molecule has 2 heterocycles. The first-order chi connectivity index (χ1) is 15.2. The largest absolute Gasteiger partial charge is 0.368 e. The lowest BCUT2D eigenvalue weighted by molar-refractivity contribution is -0.128. The molecule has 4 rings (SSSR count). The molecule has 1 aromatic heterocycles. The predicted octanol–water partition coefficient (Wildman–Crippen LogP) is 4.18. The number of carbonyl (C=O) groups is 1. The van der Waals surface area contributed by atoms with Crippen LogP contribution in [-0.4, -0.2) is 52.7 Å². The Morgan fingerprint density at radius 1 is 1.00 bits per heavy atom. The van der Waals surface area contributed by atoms with E-state index in [0.717, 1.165) is 41.8 Å². The Balaban J connectivity index is 1.25. The Morgan fingerprint density at radius 3 is 2.52 bits per heavy atom. The standard InChI is InChI=1S/C23H24ClN5OS/c24-20-9-5-4-6-18(20)15-25-21-14-22(27-17-26-21)31-16-23(30)29-12-10-28(11-13-29)19-7-2-1-3-8-19/h1-9,14,17H,10-13,15-16H2,(H,25,26,27). The maximum Gasteiger partial charge on any atom is 0.233 e. The number of aromatic nitrogens is 2. The van der Waals surface area contributed by atoms with Crippen LogP contribution in [0.4, 0.5) is 11.5 Å². The third-order valence-corrected chi connectivity index (χ3v) is 6.44. The zero-order valence-electron chi connectivity index (χ0n) is 17.1. The summed E-state index contributed by atoms with van der Waals surface area (Å²) in [6.45, 7) is 3.75. The molecule has 1 aliphatic rings. The predicted molar refractivity (Wildman–Crippen MR) is 127 cm³/mol. The summed E-state index contributed by atoms with van der Waals surface area (Å²) in [6.07, 6.45) is 1.51. The van der Waals surface area contributed by atoms with E-state index in [2.05, 4.69) is 32.3 Å². The van der Waals surface area contributed by atoms with Crippen molar-refractivity contribution in [3.63, 3.8) is 0 Å². The minimum atomic E-state index is 0.141. The van der Waals surface area contributed by atoms with Crippen LogP contribution < -0.4 is 10.2 Å². The van der Waals surface area contributed by atoms with Gasteiger partial charge in [-0.15, -0.1) is 0 Å².